The number of nitrogens with zero attached hydrogens (tertiary/aromatic N) is 1. The van der Waals surface area contributed by atoms with Crippen LogP contribution in [0, 0.1) is 0 Å². The van der Waals surface area contributed by atoms with Crippen LogP contribution in [0.15, 0.2) is 65.2 Å². The van der Waals surface area contributed by atoms with Gasteiger partial charge in [-0.3, -0.25) is 9.59 Å². The van der Waals surface area contributed by atoms with E-state index in [4.69, 9.17) is 20.8 Å². The minimum absolute atomic E-state index is 0.00624. The van der Waals surface area contributed by atoms with Gasteiger partial charge in [0.15, 0.2) is 18.2 Å². The van der Waals surface area contributed by atoms with Gasteiger partial charge in [0.25, 0.3) is 0 Å². The number of rotatable bonds is 7. The van der Waals surface area contributed by atoms with Crippen molar-refractivity contribution < 1.29 is 18.7 Å². The predicted molar refractivity (Wildman–Crippen MR) is 96.8 cm³/mol. The van der Waals surface area contributed by atoms with Gasteiger partial charge < -0.3 is 9.15 Å². The molecule has 3 aromatic rings. The van der Waals surface area contributed by atoms with Crippen molar-refractivity contribution in [3.8, 4) is 11.3 Å². The fourth-order valence-electron chi connectivity index (χ4n) is 2.32. The van der Waals surface area contributed by atoms with Gasteiger partial charge in [0.2, 0.25) is 5.89 Å². The molecule has 0 spiro atoms. The quantitative estimate of drug-likeness (QED) is 0.446. The third-order valence-electron chi connectivity index (χ3n) is 3.69. The van der Waals surface area contributed by atoms with E-state index in [0.29, 0.717) is 22.2 Å². The van der Waals surface area contributed by atoms with Gasteiger partial charge in [0, 0.05) is 22.6 Å². The van der Waals surface area contributed by atoms with Crippen LogP contribution in [-0.2, 0) is 16.1 Å². The number of carbonyl (C=O) groups is 2. The highest BCUT2D eigenvalue weighted by Crippen LogP contribution is 2.20. The number of hydrogen-bond donors (Lipinski definition) is 0. The van der Waals surface area contributed by atoms with Crippen LogP contribution in [0.3, 0.4) is 0 Å². The Morgan fingerprint density at radius 1 is 1.00 bits per heavy atom. The lowest BCUT2D eigenvalue weighted by atomic mass is 10.1. The maximum atomic E-state index is 12.0. The van der Waals surface area contributed by atoms with E-state index in [1.807, 2.05) is 30.3 Å². The molecule has 0 amide bonds. The van der Waals surface area contributed by atoms with Crippen molar-refractivity contribution in [1.82, 2.24) is 4.98 Å². The fraction of sp³-hybridized carbons (Fsp3) is 0.150. The Hall–Kier alpha value is -2.92. The molecule has 0 saturated heterocycles. The van der Waals surface area contributed by atoms with Gasteiger partial charge in [-0.2, -0.15) is 0 Å². The number of oxazole rings is 1. The van der Waals surface area contributed by atoms with Crippen molar-refractivity contribution in [1.29, 1.82) is 0 Å². The Balaban J connectivity index is 1.46. The SMILES string of the molecule is O=C(CCC(=O)c1ccc(Cl)cc1)OCc1ncc(-c2ccccc2)o1. The molecule has 0 aliphatic rings. The third-order valence-corrected chi connectivity index (χ3v) is 3.94. The topological polar surface area (TPSA) is 69.4 Å². The van der Waals surface area contributed by atoms with Gasteiger partial charge in [0.1, 0.15) is 0 Å². The summed E-state index contributed by atoms with van der Waals surface area (Å²) in [4.78, 5) is 27.9. The highest BCUT2D eigenvalue weighted by atomic mass is 35.5. The van der Waals surface area contributed by atoms with Gasteiger partial charge in [-0.1, -0.05) is 41.9 Å². The van der Waals surface area contributed by atoms with Gasteiger partial charge in [0.05, 0.1) is 12.6 Å². The Labute approximate surface area is 155 Å². The summed E-state index contributed by atoms with van der Waals surface area (Å²) < 4.78 is 10.7. The maximum absolute atomic E-state index is 12.0. The Morgan fingerprint density at radius 2 is 1.73 bits per heavy atom. The van der Waals surface area contributed by atoms with Crippen molar-refractivity contribution in [2.75, 3.05) is 0 Å². The van der Waals surface area contributed by atoms with Crippen LogP contribution in [0.1, 0.15) is 29.1 Å². The second kappa shape index (κ2) is 8.45. The summed E-state index contributed by atoms with van der Waals surface area (Å²) >= 11 is 5.78. The van der Waals surface area contributed by atoms with Crippen molar-refractivity contribution in [2.45, 2.75) is 19.4 Å². The molecule has 132 valence electrons. The van der Waals surface area contributed by atoms with Crippen LogP contribution in [-0.4, -0.2) is 16.7 Å². The molecule has 0 radical (unpaired) electrons. The summed E-state index contributed by atoms with van der Waals surface area (Å²) in [6, 6.07) is 16.1. The summed E-state index contributed by atoms with van der Waals surface area (Å²) in [6.45, 7) is -0.0686. The number of ether oxygens (including phenoxy) is 1. The molecule has 5 nitrogen and oxygen atoms in total. The first-order valence-electron chi connectivity index (χ1n) is 8.06. The molecule has 26 heavy (non-hydrogen) atoms. The van der Waals surface area contributed by atoms with Crippen molar-refractivity contribution in [2.24, 2.45) is 0 Å². The fourth-order valence-corrected chi connectivity index (χ4v) is 2.45. The molecule has 0 saturated carbocycles. The molecular formula is C20H16ClNO4. The van der Waals surface area contributed by atoms with Gasteiger partial charge in [-0.05, 0) is 24.3 Å². The zero-order valence-corrected chi connectivity index (χ0v) is 14.6. The second-order valence-corrected chi connectivity index (χ2v) is 6.01. The minimum atomic E-state index is -0.480. The molecule has 6 heteroatoms. The Morgan fingerprint density at radius 3 is 2.46 bits per heavy atom. The molecule has 0 aliphatic carbocycles. The first-order chi connectivity index (χ1) is 12.6. The van der Waals surface area contributed by atoms with Crippen LogP contribution >= 0.6 is 11.6 Å². The first-order valence-corrected chi connectivity index (χ1v) is 8.44. The van der Waals surface area contributed by atoms with Crippen LogP contribution in [0.2, 0.25) is 5.02 Å². The number of esters is 1. The zero-order valence-electron chi connectivity index (χ0n) is 13.9. The van der Waals surface area contributed by atoms with E-state index in [9.17, 15) is 9.59 Å². The van der Waals surface area contributed by atoms with Crippen LogP contribution in [0.4, 0.5) is 0 Å². The number of aromatic nitrogens is 1. The molecule has 0 atom stereocenters. The monoisotopic (exact) mass is 369 g/mol. The van der Waals surface area contributed by atoms with Gasteiger partial charge in [-0.25, -0.2) is 4.98 Å². The number of halogens is 1. The summed E-state index contributed by atoms with van der Waals surface area (Å²) in [5, 5.41) is 0.557. The average Bonchev–Trinajstić information content (AvgIpc) is 3.15. The van der Waals surface area contributed by atoms with Crippen LogP contribution in [0.5, 0.6) is 0 Å². The van der Waals surface area contributed by atoms with E-state index in [-0.39, 0.29) is 25.2 Å². The molecule has 0 bridgehead atoms. The number of benzene rings is 2. The smallest absolute Gasteiger partial charge is 0.306 e. The normalized spacial score (nSPS) is 10.5. The van der Waals surface area contributed by atoms with E-state index in [1.54, 1.807) is 30.5 Å². The molecule has 0 N–H and O–H groups in total. The van der Waals surface area contributed by atoms with Crippen LogP contribution < -0.4 is 0 Å². The van der Waals surface area contributed by atoms with Crippen molar-refractivity contribution in [3.63, 3.8) is 0 Å². The molecule has 2 aromatic carbocycles. The highest BCUT2D eigenvalue weighted by Gasteiger charge is 2.12. The van der Waals surface area contributed by atoms with E-state index in [0.717, 1.165) is 5.56 Å². The third kappa shape index (κ3) is 4.80. The molecular weight excluding hydrogens is 354 g/mol. The zero-order chi connectivity index (χ0) is 18.4. The summed E-state index contributed by atoms with van der Waals surface area (Å²) in [6.07, 6.45) is 1.65. The van der Waals surface area contributed by atoms with E-state index in [2.05, 4.69) is 4.98 Å². The summed E-state index contributed by atoms with van der Waals surface area (Å²) in [5.74, 6) is 0.295. The van der Waals surface area contributed by atoms with E-state index < -0.39 is 5.97 Å². The lowest BCUT2D eigenvalue weighted by Gasteiger charge is -2.03. The summed E-state index contributed by atoms with van der Waals surface area (Å²) in [7, 11) is 0. The van der Waals surface area contributed by atoms with Gasteiger partial charge >= 0.3 is 5.97 Å². The van der Waals surface area contributed by atoms with Gasteiger partial charge in [-0.15, -0.1) is 0 Å². The number of ketones is 1. The standard InChI is InChI=1S/C20H16ClNO4/c21-16-8-6-14(7-9-16)17(23)10-11-20(24)25-13-19-22-12-18(26-19)15-4-2-1-3-5-15/h1-9,12H,10-11,13H2. The summed E-state index contributed by atoms with van der Waals surface area (Å²) in [5.41, 5.74) is 1.41. The molecule has 3 rings (SSSR count). The average molecular weight is 370 g/mol. The van der Waals surface area contributed by atoms with Crippen molar-refractivity contribution in [3.05, 3.63) is 77.3 Å². The molecule has 0 fully saturated rings. The molecule has 1 aromatic heterocycles. The minimum Gasteiger partial charge on any atom is -0.456 e. The largest absolute Gasteiger partial charge is 0.456 e. The van der Waals surface area contributed by atoms with Crippen LogP contribution in [0.25, 0.3) is 11.3 Å². The first kappa shape index (κ1) is 17.9. The number of Topliss-reactive ketones (excluding diaryl/α,β-unsaturated/α-hetero) is 1. The Bertz CT molecular complexity index is 888. The lowest BCUT2D eigenvalue weighted by Crippen LogP contribution is -2.08. The molecule has 1 heterocycles. The second-order valence-electron chi connectivity index (χ2n) is 5.58. The molecule has 0 aliphatic heterocycles. The lowest BCUT2D eigenvalue weighted by molar-refractivity contribution is -0.145. The maximum Gasteiger partial charge on any atom is 0.306 e. The van der Waals surface area contributed by atoms with Crippen molar-refractivity contribution >= 4 is 23.4 Å². The Kier molecular flexibility index (Phi) is 5.81. The van der Waals surface area contributed by atoms with E-state index >= 15 is 0 Å². The van der Waals surface area contributed by atoms with E-state index in [1.165, 1.54) is 0 Å². The number of carbonyl (C=O) groups excluding carboxylic acids is 2. The highest BCUT2D eigenvalue weighted by molar-refractivity contribution is 6.30. The predicted octanol–water partition coefficient (Wildman–Crippen LogP) is 4.70. The number of hydrogen-bond acceptors (Lipinski definition) is 5. The molecule has 0 unspecified atom stereocenters.